The first-order chi connectivity index (χ1) is 5.74. The monoisotopic (exact) mass is 183 g/mol. The lowest BCUT2D eigenvalue weighted by molar-refractivity contribution is 1.18. The number of hydrogen-bond donors (Lipinski definition) is 0. The number of nitrogens with zero attached hydrogens (tertiary/aromatic N) is 1. The van der Waals surface area contributed by atoms with E-state index < -0.39 is 0 Å². The third-order valence-corrected chi connectivity index (χ3v) is 2.59. The molecule has 0 spiro atoms. The fourth-order valence-corrected chi connectivity index (χ4v) is 1.71. The lowest BCUT2D eigenvalue weighted by Crippen LogP contribution is -2.01. The molecule has 0 radical (unpaired) electrons. The number of rotatable bonds is 1. The molecule has 0 aliphatic carbocycles. The molecular formula is C10H18NP. The van der Waals surface area contributed by atoms with Gasteiger partial charge in [-0.1, -0.05) is 22.4 Å². The molecule has 0 saturated heterocycles. The van der Waals surface area contributed by atoms with Crippen LogP contribution in [0, 0.1) is 13.8 Å². The summed E-state index contributed by atoms with van der Waals surface area (Å²) >= 11 is 0. The molecule has 0 aliphatic heterocycles. The van der Waals surface area contributed by atoms with Crippen LogP contribution in [0.3, 0.4) is 0 Å². The second-order valence-corrected chi connectivity index (χ2v) is 3.43. The first kappa shape index (κ1) is 11.6. The van der Waals surface area contributed by atoms with Crippen molar-refractivity contribution >= 4 is 13.9 Å². The molecule has 2 heteroatoms. The first-order valence-electron chi connectivity index (χ1n) is 4.35. The molecule has 0 fully saturated rings. The molecule has 0 bridgehead atoms. The fraction of sp³-hybridized carbons (Fsp3) is 0.500. The van der Waals surface area contributed by atoms with Gasteiger partial charge in [0.2, 0.25) is 0 Å². The van der Waals surface area contributed by atoms with E-state index in [1.54, 1.807) is 0 Å². The summed E-state index contributed by atoms with van der Waals surface area (Å²) in [7, 11) is 0.885. The molecule has 0 saturated carbocycles. The van der Waals surface area contributed by atoms with E-state index in [1.807, 2.05) is 27.0 Å². The molecule has 1 aromatic rings. The van der Waals surface area contributed by atoms with Gasteiger partial charge in [-0.15, -0.1) is 0 Å². The van der Waals surface area contributed by atoms with Gasteiger partial charge in [0.1, 0.15) is 0 Å². The van der Waals surface area contributed by atoms with Gasteiger partial charge in [0.15, 0.2) is 0 Å². The Balaban J connectivity index is 0.000000561. The van der Waals surface area contributed by atoms with E-state index in [9.17, 15) is 0 Å². The third kappa shape index (κ3) is 3.32. The molecule has 0 aromatic carbocycles. The molecule has 12 heavy (non-hydrogen) atoms. The highest BCUT2D eigenvalue weighted by atomic mass is 31.1. The number of aryl methyl sites for hydroxylation is 2. The van der Waals surface area contributed by atoms with E-state index in [4.69, 9.17) is 0 Å². The van der Waals surface area contributed by atoms with E-state index in [1.165, 1.54) is 10.9 Å². The van der Waals surface area contributed by atoms with Gasteiger partial charge in [-0.05, 0) is 37.4 Å². The Morgan fingerprint density at radius 1 is 1.25 bits per heavy atom. The zero-order valence-electron chi connectivity index (χ0n) is 8.60. The van der Waals surface area contributed by atoms with Crippen LogP contribution in [0.5, 0.6) is 0 Å². The smallest absolute Gasteiger partial charge is 0.0379 e. The van der Waals surface area contributed by atoms with E-state index in [0.717, 1.165) is 14.3 Å². The van der Waals surface area contributed by atoms with Crippen molar-refractivity contribution in [2.24, 2.45) is 0 Å². The van der Waals surface area contributed by atoms with Crippen LogP contribution in [0.4, 0.5) is 0 Å². The van der Waals surface area contributed by atoms with Crippen LogP contribution in [0.15, 0.2) is 12.3 Å². The molecule has 1 nitrogen and oxygen atoms in total. The minimum atomic E-state index is 0.885. The summed E-state index contributed by atoms with van der Waals surface area (Å²) < 4.78 is 0. The molecule has 68 valence electrons. The maximum atomic E-state index is 4.19. The lowest BCUT2D eigenvalue weighted by atomic mass is 10.3. The minimum absolute atomic E-state index is 0.885. The highest BCUT2D eigenvalue weighted by Gasteiger charge is 1.94. The molecule has 1 heterocycles. The summed E-state index contributed by atoms with van der Waals surface area (Å²) in [4.78, 5) is 4.19. The Bertz CT molecular complexity index is 233. The van der Waals surface area contributed by atoms with Crippen LogP contribution in [0.25, 0.3) is 0 Å². The van der Waals surface area contributed by atoms with Crippen molar-refractivity contribution in [3.05, 3.63) is 23.5 Å². The molecule has 1 atom stereocenters. The highest BCUT2D eigenvalue weighted by molar-refractivity contribution is 7.46. The molecule has 1 unspecified atom stereocenters. The Hall–Kier alpha value is -0.420. The summed E-state index contributed by atoms with van der Waals surface area (Å²) in [6.07, 6.45) is 1.95. The maximum Gasteiger partial charge on any atom is 0.0379 e. The third-order valence-electron chi connectivity index (χ3n) is 1.51. The van der Waals surface area contributed by atoms with Gasteiger partial charge in [0.05, 0.1) is 0 Å². The van der Waals surface area contributed by atoms with Crippen LogP contribution < -0.4 is 5.30 Å². The van der Waals surface area contributed by atoms with Crippen LogP contribution in [0.2, 0.25) is 0 Å². The second kappa shape index (κ2) is 6.14. The summed E-state index contributed by atoms with van der Waals surface area (Å²) in [5.41, 5.74) is 2.43. The Kier molecular flexibility index (Phi) is 5.92. The first-order valence-corrected chi connectivity index (χ1v) is 5.85. The number of pyridine rings is 1. The Labute approximate surface area is 77.4 Å². The number of hydrogen-bond acceptors (Lipinski definition) is 1. The predicted octanol–water partition coefficient (Wildman–Crippen LogP) is 2.66. The summed E-state index contributed by atoms with van der Waals surface area (Å²) in [5.74, 6) is 0. The van der Waals surface area contributed by atoms with Crippen molar-refractivity contribution in [3.8, 4) is 0 Å². The van der Waals surface area contributed by atoms with Gasteiger partial charge >= 0.3 is 0 Å². The van der Waals surface area contributed by atoms with Crippen molar-refractivity contribution < 1.29 is 0 Å². The maximum absolute atomic E-state index is 4.19. The minimum Gasteiger partial charge on any atom is -0.261 e. The van der Waals surface area contributed by atoms with Gasteiger partial charge < -0.3 is 0 Å². The van der Waals surface area contributed by atoms with Crippen LogP contribution in [-0.2, 0) is 0 Å². The summed E-state index contributed by atoms with van der Waals surface area (Å²) in [6, 6.07) is 2.16. The topological polar surface area (TPSA) is 12.9 Å². The zero-order valence-corrected chi connectivity index (χ0v) is 9.60. The Morgan fingerprint density at radius 2 is 1.83 bits per heavy atom. The average Bonchev–Trinajstić information content (AvgIpc) is 2.13. The summed E-state index contributed by atoms with van der Waals surface area (Å²) in [6.45, 7) is 10.3. The van der Waals surface area contributed by atoms with Gasteiger partial charge in [-0.2, -0.15) is 0 Å². The van der Waals surface area contributed by atoms with Crippen molar-refractivity contribution in [1.29, 1.82) is 0 Å². The average molecular weight is 183 g/mol. The van der Waals surface area contributed by atoms with Gasteiger partial charge in [-0.25, -0.2) is 0 Å². The van der Waals surface area contributed by atoms with E-state index in [-0.39, 0.29) is 0 Å². The van der Waals surface area contributed by atoms with Gasteiger partial charge in [-0.3, -0.25) is 4.98 Å². The SMILES string of the molecule is CC.CPc1cc(C)ncc1C. The zero-order chi connectivity index (χ0) is 9.56. The predicted molar refractivity (Wildman–Crippen MR) is 58.9 cm³/mol. The van der Waals surface area contributed by atoms with E-state index in [2.05, 4.69) is 24.6 Å². The molecule has 0 N–H and O–H groups in total. The van der Waals surface area contributed by atoms with E-state index >= 15 is 0 Å². The van der Waals surface area contributed by atoms with Crippen LogP contribution in [0.1, 0.15) is 25.1 Å². The van der Waals surface area contributed by atoms with E-state index in [0.29, 0.717) is 0 Å². The molecule has 1 rings (SSSR count). The largest absolute Gasteiger partial charge is 0.261 e. The molecule has 0 aliphatic rings. The molecule has 0 amide bonds. The van der Waals surface area contributed by atoms with Crippen LogP contribution >= 0.6 is 8.58 Å². The van der Waals surface area contributed by atoms with Crippen molar-refractivity contribution in [3.63, 3.8) is 0 Å². The second-order valence-electron chi connectivity index (χ2n) is 2.39. The highest BCUT2D eigenvalue weighted by Crippen LogP contribution is 2.07. The fourth-order valence-electron chi connectivity index (χ4n) is 0.898. The lowest BCUT2D eigenvalue weighted by Gasteiger charge is -2.01. The summed E-state index contributed by atoms with van der Waals surface area (Å²) in [5, 5.41) is 1.44. The van der Waals surface area contributed by atoms with Gasteiger partial charge in [0, 0.05) is 11.9 Å². The standard InChI is InChI=1S/C8H12NP.C2H6/c1-6-5-9-7(2)4-8(6)10-3;1-2/h4-5,10H,1-3H3;1-2H3. The quantitative estimate of drug-likeness (QED) is 0.610. The Morgan fingerprint density at radius 3 is 2.25 bits per heavy atom. The normalized spacial score (nSPS) is 9.75. The molecule has 1 aromatic heterocycles. The van der Waals surface area contributed by atoms with Crippen molar-refractivity contribution in [2.45, 2.75) is 27.7 Å². The van der Waals surface area contributed by atoms with Crippen molar-refractivity contribution in [2.75, 3.05) is 6.66 Å². The van der Waals surface area contributed by atoms with Crippen LogP contribution in [-0.4, -0.2) is 11.6 Å². The van der Waals surface area contributed by atoms with Crippen molar-refractivity contribution in [1.82, 2.24) is 4.98 Å². The molecular weight excluding hydrogens is 165 g/mol. The van der Waals surface area contributed by atoms with Gasteiger partial charge in [0.25, 0.3) is 0 Å². The number of aromatic nitrogens is 1.